The fraction of sp³-hybridized carbons (Fsp3) is 0.222. The first-order valence-electron chi connectivity index (χ1n) is 13.9. The minimum absolute atomic E-state index is 0. The van der Waals surface area contributed by atoms with Crippen molar-refractivity contribution < 1.29 is 28.5 Å². The lowest BCUT2D eigenvalue weighted by Crippen LogP contribution is -2.17. The second kappa shape index (κ2) is 15.5. The lowest BCUT2D eigenvalue weighted by Gasteiger charge is -2.09. The summed E-state index contributed by atoms with van der Waals surface area (Å²) in [4.78, 5) is 49.9. The van der Waals surface area contributed by atoms with E-state index in [0.717, 1.165) is 18.8 Å². The summed E-state index contributed by atoms with van der Waals surface area (Å²) in [6, 6.07) is 25.3. The molecule has 0 unspecified atom stereocenters. The van der Waals surface area contributed by atoms with Crippen molar-refractivity contribution in [1.29, 1.82) is 0 Å². The molecule has 6 aromatic rings. The zero-order chi connectivity index (χ0) is 30.5. The Morgan fingerprint density at radius 3 is 1.35 bits per heavy atom. The second-order valence-corrected chi connectivity index (χ2v) is 12.1. The molecular formula is C36H34O8S2. The van der Waals surface area contributed by atoms with Gasteiger partial charge in [0.05, 0.1) is 13.2 Å². The molecule has 0 fully saturated rings. The summed E-state index contributed by atoms with van der Waals surface area (Å²) >= 11 is 3.05. The molecule has 238 valence electrons. The van der Waals surface area contributed by atoms with Crippen molar-refractivity contribution in [2.24, 2.45) is 0 Å². The van der Waals surface area contributed by atoms with Crippen LogP contribution in [-0.2, 0) is 19.1 Å². The van der Waals surface area contributed by atoms with Gasteiger partial charge in [0.1, 0.15) is 11.5 Å². The third kappa shape index (κ3) is 7.70. The molecule has 6 rings (SSSR count). The molecule has 0 N–H and O–H groups in total. The smallest absolute Gasteiger partial charge is 0.344 e. The Kier molecular flexibility index (Phi) is 11.5. The number of hydrogen-bond donors (Lipinski definition) is 0. The molecule has 46 heavy (non-hydrogen) atoms. The minimum atomic E-state index is -0.537. The molecule has 8 nitrogen and oxygen atoms in total. The van der Waals surface area contributed by atoms with Crippen LogP contribution in [0, 0.1) is 0 Å². The molecule has 0 atom stereocenters. The minimum Gasteiger partial charge on any atom is -0.482 e. The maximum atomic E-state index is 12.9. The van der Waals surface area contributed by atoms with Gasteiger partial charge in [-0.25, -0.2) is 9.59 Å². The van der Waals surface area contributed by atoms with Crippen LogP contribution in [0.5, 0.6) is 11.5 Å². The van der Waals surface area contributed by atoms with Crippen molar-refractivity contribution in [3.8, 4) is 11.5 Å². The highest BCUT2D eigenvalue weighted by molar-refractivity contribution is 7.24. The van der Waals surface area contributed by atoms with Gasteiger partial charge in [-0.15, -0.1) is 22.7 Å². The third-order valence-corrected chi connectivity index (χ3v) is 9.18. The van der Waals surface area contributed by atoms with E-state index in [9.17, 15) is 19.2 Å². The van der Waals surface area contributed by atoms with E-state index in [1.54, 1.807) is 36.4 Å². The van der Waals surface area contributed by atoms with E-state index < -0.39 is 11.9 Å². The van der Waals surface area contributed by atoms with Gasteiger partial charge in [0.25, 0.3) is 0 Å². The molecule has 10 heteroatoms. The molecule has 0 spiro atoms. The number of carbonyl (C=O) groups is 2. The summed E-state index contributed by atoms with van der Waals surface area (Å²) in [6.45, 7) is -0.279. The molecule has 2 aromatic heterocycles. The number of fused-ring (bicyclic) bond motifs is 4. The normalized spacial score (nSPS) is 10.7. The predicted molar refractivity (Wildman–Crippen MR) is 187 cm³/mol. The SMILES string of the molecule is C.C.O=C(COc1ccc2sc3ccccc3c(=O)c2c1)OCCCCOC(=O)COc1ccc2sc3ccccc3c(=O)c2c1. The summed E-state index contributed by atoms with van der Waals surface area (Å²) in [7, 11) is 0. The Morgan fingerprint density at radius 2 is 0.913 bits per heavy atom. The Balaban J connectivity index is 0.00000240. The van der Waals surface area contributed by atoms with Crippen LogP contribution in [0.3, 0.4) is 0 Å². The summed E-state index contributed by atoms with van der Waals surface area (Å²) in [5.41, 5.74) is -0.147. The van der Waals surface area contributed by atoms with Gasteiger partial charge in [0.15, 0.2) is 24.1 Å². The van der Waals surface area contributed by atoms with Gasteiger partial charge in [-0.3, -0.25) is 9.59 Å². The average molecular weight is 659 g/mol. The fourth-order valence-corrected chi connectivity index (χ4v) is 6.79. The molecule has 0 aliphatic heterocycles. The Morgan fingerprint density at radius 1 is 0.522 bits per heavy atom. The van der Waals surface area contributed by atoms with E-state index in [1.165, 1.54) is 22.7 Å². The molecule has 4 aromatic carbocycles. The highest BCUT2D eigenvalue weighted by Crippen LogP contribution is 2.28. The molecule has 0 aliphatic rings. The number of unbranched alkanes of at least 4 members (excludes halogenated alkanes) is 1. The monoisotopic (exact) mass is 658 g/mol. The number of esters is 2. The maximum Gasteiger partial charge on any atom is 0.344 e. The van der Waals surface area contributed by atoms with Gasteiger partial charge in [0.2, 0.25) is 0 Å². The molecule has 0 saturated heterocycles. The largest absolute Gasteiger partial charge is 0.482 e. The number of hydrogen-bond acceptors (Lipinski definition) is 10. The second-order valence-electron chi connectivity index (χ2n) is 9.90. The first-order valence-corrected chi connectivity index (χ1v) is 15.6. The van der Waals surface area contributed by atoms with Crippen LogP contribution in [0.15, 0.2) is 94.5 Å². The van der Waals surface area contributed by atoms with Gasteiger partial charge >= 0.3 is 11.9 Å². The Hall–Kier alpha value is -4.80. The highest BCUT2D eigenvalue weighted by atomic mass is 32.1. The quantitative estimate of drug-likeness (QED) is 0.0791. The fourth-order valence-electron chi connectivity index (χ4n) is 4.69. The molecule has 0 aliphatic carbocycles. The van der Waals surface area contributed by atoms with E-state index in [1.807, 2.05) is 48.5 Å². The number of rotatable bonds is 11. The standard InChI is InChI=1S/C34H26O8S2.2CH4/c35-31(19-41-21-11-13-29-25(17-21)33(37)23-7-1-3-9-27(23)43-29)39-15-5-6-16-40-32(36)20-42-22-12-14-30-26(18-22)34(38)24-8-2-4-10-28(24)44-30;;/h1-4,7-14,17-18H,5-6,15-16,19-20H2;2*1H4. The predicted octanol–water partition coefficient (Wildman–Crippen LogP) is 7.74. The van der Waals surface area contributed by atoms with Gasteiger partial charge < -0.3 is 18.9 Å². The van der Waals surface area contributed by atoms with Crippen LogP contribution in [0.25, 0.3) is 40.3 Å². The van der Waals surface area contributed by atoms with Gasteiger partial charge in [0, 0.05) is 40.3 Å². The first-order chi connectivity index (χ1) is 21.5. The summed E-state index contributed by atoms with van der Waals surface area (Å²) in [5, 5.41) is 2.39. The van der Waals surface area contributed by atoms with Crippen molar-refractivity contribution in [2.75, 3.05) is 26.4 Å². The Labute approximate surface area is 273 Å². The van der Waals surface area contributed by atoms with E-state index in [4.69, 9.17) is 18.9 Å². The van der Waals surface area contributed by atoms with Crippen molar-refractivity contribution >= 4 is 75.0 Å². The topological polar surface area (TPSA) is 105 Å². The van der Waals surface area contributed by atoms with Gasteiger partial charge in [-0.05, 0) is 73.5 Å². The summed E-state index contributed by atoms with van der Waals surface area (Å²) in [5.74, 6) is -0.252. The lowest BCUT2D eigenvalue weighted by molar-refractivity contribution is -0.148. The maximum absolute atomic E-state index is 12.9. The van der Waals surface area contributed by atoms with Crippen molar-refractivity contribution in [3.63, 3.8) is 0 Å². The number of ether oxygens (including phenoxy) is 4. The lowest BCUT2D eigenvalue weighted by atomic mass is 10.2. The summed E-state index contributed by atoms with van der Waals surface area (Å²) in [6.07, 6.45) is 0.992. The zero-order valence-electron chi connectivity index (χ0n) is 23.4. The van der Waals surface area contributed by atoms with Crippen LogP contribution < -0.4 is 20.3 Å². The zero-order valence-corrected chi connectivity index (χ0v) is 25.0. The van der Waals surface area contributed by atoms with Crippen LogP contribution >= 0.6 is 22.7 Å². The van der Waals surface area contributed by atoms with E-state index in [-0.39, 0.29) is 52.1 Å². The van der Waals surface area contributed by atoms with Crippen LogP contribution in [-0.4, -0.2) is 38.4 Å². The molecule has 0 bridgehead atoms. The Bertz CT molecular complexity index is 1980. The van der Waals surface area contributed by atoms with Gasteiger partial charge in [-0.1, -0.05) is 39.1 Å². The third-order valence-electron chi connectivity index (χ3n) is 6.87. The molecule has 0 saturated carbocycles. The van der Waals surface area contributed by atoms with Crippen molar-refractivity contribution in [2.45, 2.75) is 27.7 Å². The molecular weight excluding hydrogens is 625 g/mol. The molecule has 0 radical (unpaired) electrons. The van der Waals surface area contributed by atoms with Crippen LogP contribution in [0.2, 0.25) is 0 Å². The summed E-state index contributed by atoms with van der Waals surface area (Å²) < 4.78 is 25.0. The van der Waals surface area contributed by atoms with E-state index in [2.05, 4.69) is 0 Å². The van der Waals surface area contributed by atoms with Crippen LogP contribution in [0.4, 0.5) is 0 Å². The van der Waals surface area contributed by atoms with Crippen molar-refractivity contribution in [1.82, 2.24) is 0 Å². The highest BCUT2D eigenvalue weighted by Gasteiger charge is 2.11. The van der Waals surface area contributed by atoms with Crippen molar-refractivity contribution in [3.05, 3.63) is 105 Å². The average Bonchev–Trinajstić information content (AvgIpc) is 3.05. The number of benzene rings is 4. The van der Waals surface area contributed by atoms with Crippen LogP contribution in [0.1, 0.15) is 27.7 Å². The first kappa shape index (κ1) is 34.1. The number of carbonyl (C=O) groups excluding carboxylic acids is 2. The van der Waals surface area contributed by atoms with Gasteiger partial charge in [-0.2, -0.15) is 0 Å². The van der Waals surface area contributed by atoms with E-state index >= 15 is 0 Å². The van der Waals surface area contributed by atoms with E-state index in [0.29, 0.717) is 45.9 Å². The molecule has 2 heterocycles. The molecule has 0 amide bonds.